The predicted molar refractivity (Wildman–Crippen MR) is 68.0 cm³/mol. The lowest BCUT2D eigenvalue weighted by Crippen LogP contribution is -2.38. The fourth-order valence-electron chi connectivity index (χ4n) is 1.87. The molecule has 100 valence electrons. The third kappa shape index (κ3) is 2.90. The maximum Gasteiger partial charge on any atom is 0.325 e. The van der Waals surface area contributed by atoms with Crippen LogP contribution >= 0.6 is 0 Å². The molecule has 1 aromatic rings. The maximum absolute atomic E-state index is 11.8. The van der Waals surface area contributed by atoms with E-state index in [2.05, 4.69) is 10.6 Å². The van der Waals surface area contributed by atoms with E-state index in [0.717, 1.165) is 5.56 Å². The van der Waals surface area contributed by atoms with Gasteiger partial charge in [0.2, 0.25) is 5.91 Å². The Morgan fingerprint density at radius 2 is 2.11 bits per heavy atom. The SMILES string of the molecule is C[C@@H](NC(=O)c1ccc2c(c1)CCC(=O)N2)C(=O)O. The van der Waals surface area contributed by atoms with Gasteiger partial charge in [-0.05, 0) is 37.1 Å². The third-order valence-corrected chi connectivity index (χ3v) is 2.98. The zero-order chi connectivity index (χ0) is 14.0. The van der Waals surface area contributed by atoms with Crippen LogP contribution in [-0.4, -0.2) is 28.9 Å². The Kier molecular flexibility index (Phi) is 3.50. The van der Waals surface area contributed by atoms with Crippen molar-refractivity contribution in [2.45, 2.75) is 25.8 Å². The van der Waals surface area contributed by atoms with Crippen molar-refractivity contribution in [3.8, 4) is 0 Å². The molecule has 2 amide bonds. The number of amides is 2. The molecule has 1 aliphatic heterocycles. The van der Waals surface area contributed by atoms with E-state index >= 15 is 0 Å². The summed E-state index contributed by atoms with van der Waals surface area (Å²) in [6.45, 7) is 1.40. The summed E-state index contributed by atoms with van der Waals surface area (Å²) in [6, 6.07) is 3.96. The minimum Gasteiger partial charge on any atom is -0.480 e. The number of hydrogen-bond donors (Lipinski definition) is 3. The predicted octanol–water partition coefficient (Wildman–Crippen LogP) is 0.774. The molecule has 1 atom stereocenters. The molecular weight excluding hydrogens is 248 g/mol. The molecule has 0 radical (unpaired) electrons. The van der Waals surface area contributed by atoms with E-state index < -0.39 is 17.9 Å². The van der Waals surface area contributed by atoms with Crippen molar-refractivity contribution < 1.29 is 19.5 Å². The second-order valence-electron chi connectivity index (χ2n) is 4.45. The van der Waals surface area contributed by atoms with Crippen LogP contribution in [0, 0.1) is 0 Å². The number of carboxylic acids is 1. The monoisotopic (exact) mass is 262 g/mol. The molecule has 1 aliphatic rings. The van der Waals surface area contributed by atoms with Crippen molar-refractivity contribution in [3.05, 3.63) is 29.3 Å². The standard InChI is InChI=1S/C13H14N2O4/c1-7(13(18)19)14-12(17)9-2-4-10-8(6-9)3-5-11(16)15-10/h2,4,6-7H,3,5H2,1H3,(H,14,17)(H,15,16)(H,18,19)/t7-/m1/s1. The lowest BCUT2D eigenvalue weighted by Gasteiger charge is -2.17. The molecule has 2 rings (SSSR count). The van der Waals surface area contributed by atoms with E-state index in [1.54, 1.807) is 18.2 Å². The van der Waals surface area contributed by atoms with Crippen LogP contribution in [0.25, 0.3) is 0 Å². The first-order valence-corrected chi connectivity index (χ1v) is 5.94. The van der Waals surface area contributed by atoms with Crippen molar-refractivity contribution in [2.75, 3.05) is 5.32 Å². The van der Waals surface area contributed by atoms with Crippen LogP contribution in [0.15, 0.2) is 18.2 Å². The number of rotatable bonds is 3. The molecule has 1 heterocycles. The number of aliphatic carboxylic acids is 1. The molecule has 0 spiro atoms. The molecule has 0 aromatic heterocycles. The van der Waals surface area contributed by atoms with Gasteiger partial charge in [-0.1, -0.05) is 0 Å². The van der Waals surface area contributed by atoms with Gasteiger partial charge in [0.25, 0.3) is 5.91 Å². The summed E-state index contributed by atoms with van der Waals surface area (Å²) < 4.78 is 0. The Labute approximate surface area is 109 Å². The number of carbonyl (C=O) groups is 3. The van der Waals surface area contributed by atoms with E-state index in [0.29, 0.717) is 24.1 Å². The number of nitrogens with one attached hydrogen (secondary N) is 2. The molecule has 1 aromatic carbocycles. The fraction of sp³-hybridized carbons (Fsp3) is 0.308. The molecule has 0 saturated carbocycles. The average molecular weight is 262 g/mol. The van der Waals surface area contributed by atoms with Crippen LogP contribution < -0.4 is 10.6 Å². The van der Waals surface area contributed by atoms with Crippen molar-refractivity contribution in [1.82, 2.24) is 5.32 Å². The first kappa shape index (κ1) is 13.1. The second-order valence-corrected chi connectivity index (χ2v) is 4.45. The lowest BCUT2D eigenvalue weighted by atomic mass is 10.00. The van der Waals surface area contributed by atoms with Crippen LogP contribution in [0.2, 0.25) is 0 Å². The van der Waals surface area contributed by atoms with Crippen LogP contribution in [0.4, 0.5) is 5.69 Å². The summed E-state index contributed by atoms with van der Waals surface area (Å²) in [5, 5.41) is 13.8. The van der Waals surface area contributed by atoms with Gasteiger partial charge < -0.3 is 15.7 Å². The smallest absolute Gasteiger partial charge is 0.325 e. The summed E-state index contributed by atoms with van der Waals surface area (Å²) in [7, 11) is 0. The number of benzene rings is 1. The summed E-state index contributed by atoms with van der Waals surface area (Å²) in [5.74, 6) is -1.56. The number of fused-ring (bicyclic) bond motifs is 1. The minimum atomic E-state index is -1.08. The summed E-state index contributed by atoms with van der Waals surface area (Å²) >= 11 is 0. The first-order chi connectivity index (χ1) is 8.97. The summed E-state index contributed by atoms with van der Waals surface area (Å²) in [6.07, 6.45) is 0.973. The highest BCUT2D eigenvalue weighted by Crippen LogP contribution is 2.23. The molecule has 0 saturated heterocycles. The quantitative estimate of drug-likeness (QED) is 0.749. The van der Waals surface area contributed by atoms with Crippen LogP contribution in [-0.2, 0) is 16.0 Å². The highest BCUT2D eigenvalue weighted by molar-refractivity contribution is 5.99. The van der Waals surface area contributed by atoms with Crippen molar-refractivity contribution in [1.29, 1.82) is 0 Å². The van der Waals surface area contributed by atoms with Gasteiger partial charge >= 0.3 is 5.97 Å². The van der Waals surface area contributed by atoms with Crippen molar-refractivity contribution in [3.63, 3.8) is 0 Å². The number of aryl methyl sites for hydroxylation is 1. The van der Waals surface area contributed by atoms with Gasteiger partial charge in [0.1, 0.15) is 6.04 Å². The zero-order valence-electron chi connectivity index (χ0n) is 10.4. The largest absolute Gasteiger partial charge is 0.480 e. The van der Waals surface area contributed by atoms with E-state index in [-0.39, 0.29) is 5.91 Å². The maximum atomic E-state index is 11.8. The molecule has 19 heavy (non-hydrogen) atoms. The van der Waals surface area contributed by atoms with Gasteiger partial charge in [0.05, 0.1) is 0 Å². The van der Waals surface area contributed by atoms with E-state index in [1.807, 2.05) is 0 Å². The third-order valence-electron chi connectivity index (χ3n) is 2.98. The minimum absolute atomic E-state index is 0.0378. The molecule has 6 nitrogen and oxygen atoms in total. The summed E-state index contributed by atoms with van der Waals surface area (Å²) in [5.41, 5.74) is 1.98. The number of hydrogen-bond acceptors (Lipinski definition) is 3. The highest BCUT2D eigenvalue weighted by atomic mass is 16.4. The highest BCUT2D eigenvalue weighted by Gasteiger charge is 2.19. The van der Waals surface area contributed by atoms with Gasteiger partial charge in [0, 0.05) is 17.7 Å². The Morgan fingerprint density at radius 1 is 1.37 bits per heavy atom. The Balaban J connectivity index is 2.16. The number of anilines is 1. The normalized spacial score (nSPS) is 15.1. The fourth-order valence-corrected chi connectivity index (χ4v) is 1.87. The van der Waals surface area contributed by atoms with E-state index in [1.165, 1.54) is 6.92 Å². The van der Waals surface area contributed by atoms with Crippen LogP contribution in [0.5, 0.6) is 0 Å². The second kappa shape index (κ2) is 5.09. The van der Waals surface area contributed by atoms with Gasteiger partial charge in [-0.25, -0.2) is 0 Å². The van der Waals surface area contributed by atoms with Crippen molar-refractivity contribution in [2.24, 2.45) is 0 Å². The zero-order valence-corrected chi connectivity index (χ0v) is 10.4. The Hall–Kier alpha value is -2.37. The topological polar surface area (TPSA) is 95.5 Å². The van der Waals surface area contributed by atoms with E-state index in [9.17, 15) is 14.4 Å². The van der Waals surface area contributed by atoms with Gasteiger partial charge in [-0.15, -0.1) is 0 Å². The van der Waals surface area contributed by atoms with Crippen LogP contribution in [0.3, 0.4) is 0 Å². The van der Waals surface area contributed by atoms with Gasteiger partial charge in [-0.2, -0.15) is 0 Å². The molecule has 3 N–H and O–H groups in total. The Morgan fingerprint density at radius 3 is 2.79 bits per heavy atom. The lowest BCUT2D eigenvalue weighted by molar-refractivity contribution is -0.138. The van der Waals surface area contributed by atoms with Gasteiger partial charge in [-0.3, -0.25) is 14.4 Å². The molecule has 6 heteroatoms. The molecule has 0 bridgehead atoms. The number of carboxylic acid groups (broad SMARTS) is 1. The molecular formula is C13H14N2O4. The van der Waals surface area contributed by atoms with Crippen molar-refractivity contribution >= 4 is 23.5 Å². The molecule has 0 unspecified atom stereocenters. The van der Waals surface area contributed by atoms with Gasteiger partial charge in [0.15, 0.2) is 0 Å². The molecule has 0 fully saturated rings. The van der Waals surface area contributed by atoms with Crippen LogP contribution in [0.1, 0.15) is 29.3 Å². The summed E-state index contributed by atoms with van der Waals surface area (Å²) in [4.78, 5) is 33.7. The number of carbonyl (C=O) groups excluding carboxylic acids is 2. The molecule has 0 aliphatic carbocycles. The van der Waals surface area contributed by atoms with E-state index in [4.69, 9.17) is 5.11 Å². The Bertz CT molecular complexity index is 554. The average Bonchev–Trinajstić information content (AvgIpc) is 2.37. The first-order valence-electron chi connectivity index (χ1n) is 5.94.